The molecule has 9 nitrogen and oxygen atoms in total. The lowest BCUT2D eigenvalue weighted by atomic mass is 9.99. The maximum absolute atomic E-state index is 10.7. The second-order valence-corrected chi connectivity index (χ2v) is 30.4. The molecule has 3 saturated heterocycles. The van der Waals surface area contributed by atoms with E-state index in [1.807, 2.05) is 0 Å². The van der Waals surface area contributed by atoms with Crippen molar-refractivity contribution in [3.05, 3.63) is 11.4 Å². The molecule has 0 radical (unpaired) electrons. The van der Waals surface area contributed by atoms with Gasteiger partial charge >= 0.3 is 0 Å². The molecule has 43 heavy (non-hydrogen) atoms. The molecular formula is C29H59Cl2NO8Si3. The molecule has 0 aromatic rings. The number of aliphatic hydroxyl groups excluding tert-OH is 2. The minimum atomic E-state index is -1.90. The van der Waals surface area contributed by atoms with Crippen molar-refractivity contribution < 1.29 is 37.7 Å². The largest absolute Gasteiger partial charge is 0.414 e. The van der Waals surface area contributed by atoms with Crippen LogP contribution in [0.15, 0.2) is 0 Å². The highest BCUT2D eigenvalue weighted by molar-refractivity contribution is 6.74. The number of fused-ring (bicyclic) bond motifs is 1. The van der Waals surface area contributed by atoms with Gasteiger partial charge in [-0.05, 0) is 55.9 Å². The number of rotatable bonds is 8. The van der Waals surface area contributed by atoms with Crippen LogP contribution in [0.1, 0.15) is 41.5 Å². The summed E-state index contributed by atoms with van der Waals surface area (Å²) in [5.41, 5.74) is 0. The maximum Gasteiger partial charge on any atom is 0.273 e. The Morgan fingerprint density at radius 3 is 1.60 bits per heavy atom. The Labute approximate surface area is 274 Å². The second-order valence-electron chi connectivity index (χ2n) is 15.5. The third-order valence-electron chi connectivity index (χ3n) is 8.88. The minimum Gasteiger partial charge on any atom is -0.414 e. The van der Waals surface area contributed by atoms with E-state index in [4.69, 9.17) is 57.3 Å². The Balaban J connectivity index is 0.000000407. The smallest absolute Gasteiger partial charge is 0.273 e. The lowest BCUT2D eigenvalue weighted by Gasteiger charge is -2.41. The second kappa shape index (κ2) is 16.5. The van der Waals surface area contributed by atoms with Gasteiger partial charge in [0.25, 0.3) is 6.04 Å². The van der Waals surface area contributed by atoms with E-state index in [-0.39, 0.29) is 33.7 Å². The van der Waals surface area contributed by atoms with Crippen molar-refractivity contribution in [2.24, 2.45) is 0 Å². The number of alkyl halides is 2. The summed E-state index contributed by atoms with van der Waals surface area (Å²) >= 11 is 9.53. The zero-order chi connectivity index (χ0) is 33.6. The zero-order valence-electron chi connectivity index (χ0n) is 28.7. The zero-order valence-corrected chi connectivity index (χ0v) is 33.2. The molecule has 0 bridgehead atoms. The van der Waals surface area contributed by atoms with Crippen molar-refractivity contribution in [2.45, 2.75) is 146 Å². The number of hydrogen-bond acceptors (Lipinski definition) is 8. The van der Waals surface area contributed by atoms with Gasteiger partial charge in [-0.2, -0.15) is 0 Å². The van der Waals surface area contributed by atoms with E-state index >= 15 is 0 Å². The fourth-order valence-electron chi connectivity index (χ4n) is 3.95. The van der Waals surface area contributed by atoms with Crippen molar-refractivity contribution in [3.8, 4) is 0 Å². The van der Waals surface area contributed by atoms with Crippen molar-refractivity contribution in [1.29, 1.82) is 0 Å². The van der Waals surface area contributed by atoms with Crippen LogP contribution in [0.5, 0.6) is 0 Å². The van der Waals surface area contributed by atoms with Gasteiger partial charge in [0, 0.05) is 0 Å². The topological polar surface area (TPSA) is 104 Å². The van der Waals surface area contributed by atoms with Crippen molar-refractivity contribution in [2.75, 3.05) is 31.8 Å². The van der Waals surface area contributed by atoms with Gasteiger partial charge in [0.1, 0.15) is 43.2 Å². The van der Waals surface area contributed by atoms with Crippen LogP contribution in [-0.2, 0) is 27.5 Å². The molecule has 3 fully saturated rings. The first kappa shape index (κ1) is 41.4. The number of hydrogen-bond donors (Lipinski definition) is 2. The Morgan fingerprint density at radius 2 is 1.21 bits per heavy atom. The van der Waals surface area contributed by atoms with Gasteiger partial charge in [0.15, 0.2) is 31.1 Å². The molecule has 3 aliphatic rings. The van der Waals surface area contributed by atoms with Crippen LogP contribution in [0.3, 0.4) is 0 Å². The Hall–Kier alpha value is 0.401. The lowest BCUT2D eigenvalue weighted by molar-refractivity contribution is -0.143. The molecule has 3 heterocycles. The lowest BCUT2D eigenvalue weighted by Crippen LogP contribution is -2.58. The fourth-order valence-corrected chi connectivity index (χ4v) is 7.09. The average molecular weight is 705 g/mol. The van der Waals surface area contributed by atoms with E-state index < -0.39 is 55.4 Å². The molecule has 0 aromatic heterocycles. The fraction of sp³-hybridized carbons (Fsp3) is 0.966. The molecule has 2 N–H and O–H groups in total. The molecule has 0 amide bonds. The van der Waals surface area contributed by atoms with Gasteiger partial charge in [-0.1, -0.05) is 41.5 Å². The average Bonchev–Trinajstić information content (AvgIpc) is 3.64. The van der Waals surface area contributed by atoms with Crippen LogP contribution < -0.4 is 0 Å². The van der Waals surface area contributed by atoms with Gasteiger partial charge in [-0.3, -0.25) is 0 Å². The monoisotopic (exact) mass is 703 g/mol. The van der Waals surface area contributed by atoms with E-state index in [0.29, 0.717) is 26.4 Å². The van der Waals surface area contributed by atoms with Gasteiger partial charge in [0.2, 0.25) is 0 Å². The minimum absolute atomic E-state index is 0.0169. The predicted molar refractivity (Wildman–Crippen MR) is 182 cm³/mol. The number of epoxide rings is 1. The van der Waals surface area contributed by atoms with Crippen LogP contribution in [0.2, 0.25) is 55.9 Å². The summed E-state index contributed by atoms with van der Waals surface area (Å²) in [6.45, 7) is 37.2. The number of halogens is 2. The van der Waals surface area contributed by atoms with Crippen LogP contribution in [-0.4, -0.2) is 116 Å². The van der Waals surface area contributed by atoms with Crippen molar-refractivity contribution >= 4 is 48.2 Å². The molecular weight excluding hydrogens is 645 g/mol. The molecule has 3 aliphatic heterocycles. The number of ether oxygens (including phenoxy) is 3. The van der Waals surface area contributed by atoms with Crippen LogP contribution in [0.25, 0.3) is 4.85 Å². The van der Waals surface area contributed by atoms with Gasteiger partial charge < -0.3 is 42.5 Å². The van der Waals surface area contributed by atoms with Crippen LogP contribution in [0.4, 0.5) is 0 Å². The third kappa shape index (κ3) is 12.8. The molecule has 0 aliphatic carbocycles. The maximum atomic E-state index is 10.7. The molecule has 0 aromatic carbocycles. The van der Waals surface area contributed by atoms with E-state index in [2.05, 4.69) is 92.2 Å². The van der Waals surface area contributed by atoms with E-state index in [1.54, 1.807) is 0 Å². The molecule has 0 saturated carbocycles. The predicted octanol–water partition coefficient (Wildman–Crippen LogP) is 6.23. The van der Waals surface area contributed by atoms with E-state index in [1.165, 1.54) is 0 Å². The SMILES string of the molecule is CC(C)(C)[Si](C)(C)OC[C@@H]1OC[C@H]2O[C@H]2[C@H]1O.ClCCl.[C-]#[N+][C@H]1CO[C@@H](CO[Si](C)(C)C(C)(C)C)[C@H](O)[C@@H]1O[Si](C)(C)C. The Bertz CT molecular complexity index is 889. The highest BCUT2D eigenvalue weighted by Gasteiger charge is 2.52. The number of aliphatic hydroxyl groups is 2. The van der Waals surface area contributed by atoms with Crippen LogP contribution in [0, 0.1) is 6.57 Å². The van der Waals surface area contributed by atoms with Crippen LogP contribution >= 0.6 is 23.2 Å². The quantitative estimate of drug-likeness (QED) is 0.133. The first-order valence-electron chi connectivity index (χ1n) is 15.1. The molecule has 254 valence electrons. The van der Waals surface area contributed by atoms with Gasteiger partial charge in [-0.15, -0.1) is 23.2 Å². The summed E-state index contributed by atoms with van der Waals surface area (Å²) in [7, 11) is -5.51. The molecule has 8 atom stereocenters. The molecule has 14 heteroatoms. The van der Waals surface area contributed by atoms with Gasteiger partial charge in [0.05, 0.1) is 25.2 Å². The Kier molecular flexibility index (Phi) is 15.9. The molecule has 0 spiro atoms. The summed E-state index contributed by atoms with van der Waals surface area (Å²) in [4.78, 5) is 3.58. The normalized spacial score (nSPS) is 31.4. The van der Waals surface area contributed by atoms with Crippen molar-refractivity contribution in [3.63, 3.8) is 0 Å². The highest BCUT2D eigenvalue weighted by Crippen LogP contribution is 2.39. The summed E-state index contributed by atoms with van der Waals surface area (Å²) < 4.78 is 34.9. The Morgan fingerprint density at radius 1 is 0.791 bits per heavy atom. The summed E-state index contributed by atoms with van der Waals surface area (Å²) in [6.07, 6.45) is -2.39. The van der Waals surface area contributed by atoms with Gasteiger partial charge in [-0.25, -0.2) is 6.57 Å². The summed E-state index contributed by atoms with van der Waals surface area (Å²) in [5.74, 6) is 0. The molecule has 0 unspecified atom stereocenters. The van der Waals surface area contributed by atoms with E-state index in [9.17, 15) is 10.2 Å². The third-order valence-corrected chi connectivity index (χ3v) is 18.9. The number of nitrogens with zero attached hydrogens (tertiary/aromatic N) is 1. The highest BCUT2D eigenvalue weighted by atomic mass is 35.5. The van der Waals surface area contributed by atoms with Crippen molar-refractivity contribution in [1.82, 2.24) is 0 Å². The summed E-state index contributed by atoms with van der Waals surface area (Å²) in [5, 5.41) is 21.1. The summed E-state index contributed by atoms with van der Waals surface area (Å²) in [6, 6.07) is -0.444. The standard InChI is InChI=1S/C16H33NO4Si2.C12H24O4Si.CH2Cl2/c1-16(2,3)23(8,9)20-11-13-14(18)15(21-22(5,6)7)12(17-4)10-19-13;1-12(2,3)17(4,5)15-7-8-10(13)11-9(16-11)6-14-8;2-1-3/h12-15,18H,10-11H2,1-3,5-9H3;8-11,13H,6-7H2,1-5H3;1H2/t12-,13-,14-,15+;8-,9+,10-,11+;/m00./s1. The van der Waals surface area contributed by atoms with E-state index in [0.717, 1.165) is 0 Å². The first-order valence-corrected chi connectivity index (χ1v) is 25.4. The first-order chi connectivity index (χ1) is 19.4. The molecule has 3 rings (SSSR count).